The minimum absolute atomic E-state index is 0.0756. The van der Waals surface area contributed by atoms with E-state index in [1.54, 1.807) is 6.92 Å². The Balaban J connectivity index is 2.50. The van der Waals surface area contributed by atoms with Gasteiger partial charge in [0.15, 0.2) is 0 Å². The fourth-order valence-corrected chi connectivity index (χ4v) is 4.48. The van der Waals surface area contributed by atoms with E-state index < -0.39 is 22.0 Å². The second kappa shape index (κ2) is 5.82. The van der Waals surface area contributed by atoms with Gasteiger partial charge < -0.3 is 10.8 Å². The Hall–Kier alpha value is -1.31. The summed E-state index contributed by atoms with van der Waals surface area (Å²) < 4.78 is 26.4. The lowest BCUT2D eigenvalue weighted by atomic mass is 10.1. The molecule has 1 atom stereocenters. The molecule has 6 nitrogen and oxygen atoms in total. The Morgan fingerprint density at radius 1 is 1.43 bits per heavy atom. The molecule has 0 saturated carbocycles. The van der Waals surface area contributed by atoms with Crippen molar-refractivity contribution in [2.24, 2.45) is 0 Å². The van der Waals surface area contributed by atoms with Crippen molar-refractivity contribution in [2.45, 2.75) is 37.1 Å². The Morgan fingerprint density at radius 2 is 2.10 bits per heavy atom. The van der Waals surface area contributed by atoms with Crippen LogP contribution in [0.4, 0.5) is 5.69 Å². The summed E-state index contributed by atoms with van der Waals surface area (Å²) in [5.41, 5.74) is 6.54. The highest BCUT2D eigenvalue weighted by Gasteiger charge is 2.38. The SMILES string of the molecule is Cc1cc(N)c(S(=O)(=O)N2CCCC[C@@H]2C(=O)O)cc1Cl. The highest BCUT2D eigenvalue weighted by molar-refractivity contribution is 7.89. The number of sulfonamides is 1. The fraction of sp³-hybridized carbons (Fsp3) is 0.462. The van der Waals surface area contributed by atoms with E-state index in [2.05, 4.69) is 0 Å². The Labute approximate surface area is 128 Å². The lowest BCUT2D eigenvalue weighted by Gasteiger charge is -2.32. The van der Waals surface area contributed by atoms with Gasteiger partial charge in [-0.3, -0.25) is 4.79 Å². The van der Waals surface area contributed by atoms with Crippen LogP contribution in [0.1, 0.15) is 24.8 Å². The van der Waals surface area contributed by atoms with E-state index >= 15 is 0 Å². The summed E-state index contributed by atoms with van der Waals surface area (Å²) in [5.74, 6) is -1.14. The molecule has 0 spiro atoms. The normalized spacial score (nSPS) is 20.4. The van der Waals surface area contributed by atoms with E-state index in [4.69, 9.17) is 17.3 Å². The number of anilines is 1. The number of hydrogen-bond donors (Lipinski definition) is 2. The number of aliphatic carboxylic acids is 1. The maximum atomic E-state index is 12.7. The maximum absolute atomic E-state index is 12.7. The summed E-state index contributed by atoms with van der Waals surface area (Å²) in [6.45, 7) is 1.89. The van der Waals surface area contributed by atoms with Crippen molar-refractivity contribution in [1.29, 1.82) is 0 Å². The van der Waals surface area contributed by atoms with Crippen LogP contribution >= 0.6 is 11.6 Å². The van der Waals surface area contributed by atoms with Gasteiger partial charge in [-0.1, -0.05) is 11.6 Å². The molecule has 8 heteroatoms. The smallest absolute Gasteiger partial charge is 0.322 e. The van der Waals surface area contributed by atoms with Crippen LogP contribution in [-0.2, 0) is 14.8 Å². The van der Waals surface area contributed by atoms with Crippen molar-refractivity contribution in [1.82, 2.24) is 4.31 Å². The van der Waals surface area contributed by atoms with E-state index in [0.717, 1.165) is 4.31 Å². The number of carbonyl (C=O) groups is 1. The molecule has 1 aromatic rings. The van der Waals surface area contributed by atoms with Crippen molar-refractivity contribution < 1.29 is 18.3 Å². The topological polar surface area (TPSA) is 101 Å². The lowest BCUT2D eigenvalue weighted by Crippen LogP contribution is -2.47. The molecule has 0 bridgehead atoms. The molecule has 0 aliphatic carbocycles. The van der Waals surface area contributed by atoms with E-state index in [0.29, 0.717) is 24.8 Å². The van der Waals surface area contributed by atoms with Crippen molar-refractivity contribution in [3.8, 4) is 0 Å². The molecule has 21 heavy (non-hydrogen) atoms. The summed E-state index contributed by atoms with van der Waals surface area (Å²) in [6, 6.07) is 1.72. The molecule has 1 aliphatic heterocycles. The third kappa shape index (κ3) is 3.00. The molecule has 1 aliphatic rings. The van der Waals surface area contributed by atoms with Gasteiger partial charge in [-0.15, -0.1) is 0 Å². The molecule has 0 amide bonds. The fourth-order valence-electron chi connectivity index (χ4n) is 2.47. The number of aryl methyl sites for hydroxylation is 1. The molecule has 1 heterocycles. The van der Waals surface area contributed by atoms with E-state index in [1.807, 2.05) is 0 Å². The zero-order chi connectivity index (χ0) is 15.8. The summed E-state index contributed by atoms with van der Waals surface area (Å²) in [4.78, 5) is 11.2. The quantitative estimate of drug-likeness (QED) is 0.823. The molecular weight excluding hydrogens is 316 g/mol. The van der Waals surface area contributed by atoms with Gasteiger partial charge in [0.25, 0.3) is 0 Å². The predicted octanol–water partition coefficient (Wildman–Crippen LogP) is 1.86. The van der Waals surface area contributed by atoms with Crippen molar-refractivity contribution >= 4 is 33.3 Å². The number of benzene rings is 1. The number of carboxylic acids is 1. The third-order valence-electron chi connectivity index (χ3n) is 3.62. The Bertz CT molecular complexity index is 675. The molecule has 0 unspecified atom stereocenters. The molecule has 0 aromatic heterocycles. The largest absolute Gasteiger partial charge is 0.480 e. The molecule has 1 saturated heterocycles. The van der Waals surface area contributed by atoms with Crippen LogP contribution in [-0.4, -0.2) is 36.4 Å². The van der Waals surface area contributed by atoms with Crippen LogP contribution in [0.5, 0.6) is 0 Å². The van der Waals surface area contributed by atoms with Crippen LogP contribution in [0.15, 0.2) is 17.0 Å². The molecular formula is C13H17ClN2O4S. The van der Waals surface area contributed by atoms with Gasteiger partial charge in [-0.25, -0.2) is 8.42 Å². The number of piperidine rings is 1. The van der Waals surface area contributed by atoms with Crippen LogP contribution in [0.3, 0.4) is 0 Å². The molecule has 0 radical (unpaired) electrons. The predicted molar refractivity (Wildman–Crippen MR) is 79.8 cm³/mol. The van der Waals surface area contributed by atoms with Crippen LogP contribution in [0, 0.1) is 6.92 Å². The zero-order valence-corrected chi connectivity index (χ0v) is 13.1. The molecule has 1 aromatic carbocycles. The molecule has 116 valence electrons. The Kier molecular flexibility index (Phi) is 4.46. The standard InChI is InChI=1S/C13H17ClN2O4S/c1-8-6-10(15)12(7-9(8)14)21(19,20)16-5-3-2-4-11(16)13(17)18/h6-7,11H,2-5,15H2,1H3,(H,17,18)/t11-/m1/s1. The second-order valence-electron chi connectivity index (χ2n) is 5.10. The van der Waals surface area contributed by atoms with Crippen LogP contribution in [0.25, 0.3) is 0 Å². The highest BCUT2D eigenvalue weighted by atomic mass is 35.5. The number of halogens is 1. The molecule has 3 N–H and O–H groups in total. The first-order valence-corrected chi connectivity index (χ1v) is 8.37. The number of nitrogens with zero attached hydrogens (tertiary/aromatic N) is 1. The third-order valence-corrected chi connectivity index (χ3v) is 5.99. The first-order valence-electron chi connectivity index (χ1n) is 6.55. The van der Waals surface area contributed by atoms with E-state index in [-0.39, 0.29) is 22.2 Å². The van der Waals surface area contributed by atoms with E-state index in [9.17, 15) is 18.3 Å². The zero-order valence-electron chi connectivity index (χ0n) is 11.5. The van der Waals surface area contributed by atoms with Crippen LogP contribution in [0.2, 0.25) is 5.02 Å². The average molecular weight is 333 g/mol. The maximum Gasteiger partial charge on any atom is 0.322 e. The monoisotopic (exact) mass is 332 g/mol. The van der Waals surface area contributed by atoms with Crippen molar-refractivity contribution in [3.63, 3.8) is 0 Å². The van der Waals surface area contributed by atoms with Gasteiger partial charge >= 0.3 is 5.97 Å². The average Bonchev–Trinajstić information content (AvgIpc) is 2.42. The molecule has 1 fully saturated rings. The number of carboxylic acid groups (broad SMARTS) is 1. The number of rotatable bonds is 3. The first-order chi connectivity index (χ1) is 9.75. The second-order valence-corrected chi connectivity index (χ2v) is 7.37. The number of nitrogen functional groups attached to an aromatic ring is 1. The summed E-state index contributed by atoms with van der Waals surface area (Å²) >= 11 is 5.97. The first kappa shape index (κ1) is 16.1. The Morgan fingerprint density at radius 3 is 2.71 bits per heavy atom. The van der Waals surface area contributed by atoms with E-state index in [1.165, 1.54) is 12.1 Å². The van der Waals surface area contributed by atoms with Crippen LogP contribution < -0.4 is 5.73 Å². The highest BCUT2D eigenvalue weighted by Crippen LogP contribution is 2.31. The van der Waals surface area contributed by atoms with Gasteiger partial charge in [0.2, 0.25) is 10.0 Å². The summed E-state index contributed by atoms with van der Waals surface area (Å²) in [6.07, 6.45) is 1.61. The summed E-state index contributed by atoms with van der Waals surface area (Å²) in [7, 11) is -3.98. The minimum Gasteiger partial charge on any atom is -0.480 e. The number of nitrogens with two attached hydrogens (primary N) is 1. The van der Waals surface area contributed by atoms with Gasteiger partial charge in [0.1, 0.15) is 10.9 Å². The van der Waals surface area contributed by atoms with Gasteiger partial charge in [0, 0.05) is 11.6 Å². The van der Waals surface area contributed by atoms with Crippen molar-refractivity contribution in [2.75, 3.05) is 12.3 Å². The van der Waals surface area contributed by atoms with Gasteiger partial charge in [-0.05, 0) is 43.9 Å². The van der Waals surface area contributed by atoms with Crippen molar-refractivity contribution in [3.05, 3.63) is 22.7 Å². The lowest BCUT2D eigenvalue weighted by molar-refractivity contribution is -0.142. The minimum atomic E-state index is -3.98. The number of hydrogen-bond acceptors (Lipinski definition) is 4. The summed E-state index contributed by atoms with van der Waals surface area (Å²) in [5, 5.41) is 9.51. The molecule has 2 rings (SSSR count). The van der Waals surface area contributed by atoms with Gasteiger partial charge in [0.05, 0.1) is 5.69 Å². The van der Waals surface area contributed by atoms with Gasteiger partial charge in [-0.2, -0.15) is 4.31 Å².